The van der Waals surface area contributed by atoms with Gasteiger partial charge in [0, 0.05) is 20.4 Å². The SMILES string of the molecule is COCC(COC)n1cc(Cl)nc(Nc2c(C)cc(C)cc2OC)c1=O. The number of anilines is 2. The highest BCUT2D eigenvalue weighted by molar-refractivity contribution is 6.29. The maximum atomic E-state index is 12.9. The molecule has 1 N–H and O–H groups in total. The van der Waals surface area contributed by atoms with Crippen LogP contribution in [0, 0.1) is 13.8 Å². The molecule has 0 aliphatic rings. The Morgan fingerprint density at radius 2 is 1.85 bits per heavy atom. The quantitative estimate of drug-likeness (QED) is 0.757. The van der Waals surface area contributed by atoms with Crippen LogP contribution in [0.5, 0.6) is 5.75 Å². The second-order valence-electron chi connectivity index (χ2n) is 5.97. The Balaban J connectivity index is 2.50. The Hall–Kier alpha value is -2.09. The number of aromatic nitrogens is 2. The number of hydrogen-bond acceptors (Lipinski definition) is 6. The first-order valence-electron chi connectivity index (χ1n) is 8.10. The van der Waals surface area contributed by atoms with E-state index in [1.54, 1.807) is 21.3 Å². The van der Waals surface area contributed by atoms with Crippen molar-refractivity contribution >= 4 is 23.1 Å². The lowest BCUT2D eigenvalue weighted by atomic mass is 10.1. The summed E-state index contributed by atoms with van der Waals surface area (Å²) in [6.07, 6.45) is 1.48. The fourth-order valence-electron chi connectivity index (χ4n) is 2.79. The monoisotopic (exact) mass is 381 g/mol. The van der Waals surface area contributed by atoms with Gasteiger partial charge in [0.25, 0.3) is 5.56 Å². The van der Waals surface area contributed by atoms with Crippen LogP contribution in [-0.2, 0) is 9.47 Å². The van der Waals surface area contributed by atoms with Crippen LogP contribution in [0.25, 0.3) is 0 Å². The minimum Gasteiger partial charge on any atom is -0.495 e. The van der Waals surface area contributed by atoms with Crippen LogP contribution in [0.2, 0.25) is 5.15 Å². The zero-order chi connectivity index (χ0) is 19.3. The van der Waals surface area contributed by atoms with Crippen molar-refractivity contribution < 1.29 is 14.2 Å². The summed E-state index contributed by atoms with van der Waals surface area (Å²) in [5, 5.41) is 3.26. The largest absolute Gasteiger partial charge is 0.495 e. The molecule has 0 saturated heterocycles. The van der Waals surface area contributed by atoms with E-state index in [0.29, 0.717) is 24.7 Å². The van der Waals surface area contributed by atoms with E-state index in [1.165, 1.54) is 10.8 Å². The zero-order valence-electron chi connectivity index (χ0n) is 15.6. The lowest BCUT2D eigenvalue weighted by Gasteiger charge is -2.20. The molecule has 2 rings (SSSR count). The van der Waals surface area contributed by atoms with Crippen molar-refractivity contribution in [3.8, 4) is 5.75 Å². The summed E-state index contributed by atoms with van der Waals surface area (Å²) in [6.45, 7) is 4.52. The summed E-state index contributed by atoms with van der Waals surface area (Å²) in [4.78, 5) is 17.1. The molecule has 0 aliphatic carbocycles. The normalized spacial score (nSPS) is 11.0. The van der Waals surface area contributed by atoms with Crippen LogP contribution in [0.3, 0.4) is 0 Å². The highest BCUT2D eigenvalue weighted by Crippen LogP contribution is 2.31. The summed E-state index contributed by atoms with van der Waals surface area (Å²) in [6, 6.07) is 3.56. The van der Waals surface area contributed by atoms with Gasteiger partial charge in [0.1, 0.15) is 10.9 Å². The molecule has 0 atom stereocenters. The lowest BCUT2D eigenvalue weighted by Crippen LogP contribution is -2.32. The summed E-state index contributed by atoms with van der Waals surface area (Å²) in [7, 11) is 4.71. The van der Waals surface area contributed by atoms with Crippen LogP contribution in [-0.4, -0.2) is 44.1 Å². The average molecular weight is 382 g/mol. The standard InChI is InChI=1S/C18H24ClN3O4/c1-11-6-12(2)16(14(7-11)26-5)21-17-18(23)22(8-15(19)20-17)13(9-24-3)10-25-4/h6-8,13H,9-10H2,1-5H3,(H,20,21). The van der Waals surface area contributed by atoms with E-state index >= 15 is 0 Å². The smallest absolute Gasteiger partial charge is 0.294 e. The molecule has 0 spiro atoms. The predicted molar refractivity (Wildman–Crippen MR) is 102 cm³/mol. The highest BCUT2D eigenvalue weighted by atomic mass is 35.5. The highest BCUT2D eigenvalue weighted by Gasteiger charge is 2.18. The van der Waals surface area contributed by atoms with E-state index < -0.39 is 0 Å². The number of nitrogens with one attached hydrogen (secondary N) is 1. The first-order chi connectivity index (χ1) is 12.4. The van der Waals surface area contributed by atoms with E-state index in [9.17, 15) is 4.79 Å². The molecule has 8 heteroatoms. The van der Waals surface area contributed by atoms with Crippen LogP contribution in [0.1, 0.15) is 17.2 Å². The average Bonchev–Trinajstić information content (AvgIpc) is 2.59. The molecule has 1 aromatic heterocycles. The third kappa shape index (κ3) is 4.55. The molecule has 0 saturated carbocycles. The molecule has 0 unspecified atom stereocenters. The van der Waals surface area contributed by atoms with Gasteiger partial charge < -0.3 is 24.1 Å². The maximum Gasteiger partial charge on any atom is 0.294 e. The van der Waals surface area contributed by atoms with Gasteiger partial charge in [0.15, 0.2) is 5.82 Å². The molecule has 0 aliphatic heterocycles. The second-order valence-corrected chi connectivity index (χ2v) is 6.36. The van der Waals surface area contributed by atoms with Gasteiger partial charge in [-0.25, -0.2) is 4.98 Å². The fourth-order valence-corrected chi connectivity index (χ4v) is 2.98. The first kappa shape index (κ1) is 20.2. The maximum absolute atomic E-state index is 12.9. The van der Waals surface area contributed by atoms with Crippen LogP contribution >= 0.6 is 11.6 Å². The number of halogens is 1. The first-order valence-corrected chi connectivity index (χ1v) is 8.47. The van der Waals surface area contributed by atoms with Gasteiger partial charge in [-0.15, -0.1) is 0 Å². The number of aryl methyl sites for hydroxylation is 2. The van der Waals surface area contributed by atoms with Crippen molar-refractivity contribution in [3.63, 3.8) is 0 Å². The number of methoxy groups -OCH3 is 3. The molecule has 0 amide bonds. The molecular weight excluding hydrogens is 358 g/mol. The molecule has 0 bridgehead atoms. The topological polar surface area (TPSA) is 74.6 Å². The molecule has 142 valence electrons. The number of hydrogen-bond donors (Lipinski definition) is 1. The Bertz CT molecular complexity index is 817. The molecule has 0 fully saturated rings. The van der Waals surface area contributed by atoms with Gasteiger partial charge >= 0.3 is 0 Å². The van der Waals surface area contributed by atoms with Crippen molar-refractivity contribution in [1.29, 1.82) is 0 Å². The van der Waals surface area contributed by atoms with Gasteiger partial charge in [-0.05, 0) is 31.0 Å². The van der Waals surface area contributed by atoms with Crippen molar-refractivity contribution in [1.82, 2.24) is 9.55 Å². The fraction of sp³-hybridized carbons (Fsp3) is 0.444. The second kappa shape index (κ2) is 9.02. The third-order valence-corrected chi connectivity index (χ3v) is 4.10. The van der Waals surface area contributed by atoms with E-state index in [1.807, 2.05) is 26.0 Å². The molecule has 7 nitrogen and oxygen atoms in total. The number of benzene rings is 1. The van der Waals surface area contributed by atoms with Gasteiger partial charge in [-0.1, -0.05) is 17.7 Å². The third-order valence-electron chi connectivity index (χ3n) is 3.92. The minimum atomic E-state index is -0.324. The van der Waals surface area contributed by atoms with Gasteiger partial charge in [-0.3, -0.25) is 4.79 Å². The van der Waals surface area contributed by atoms with Gasteiger partial charge in [0.05, 0.1) is 32.1 Å². The van der Waals surface area contributed by atoms with Gasteiger partial charge in [-0.2, -0.15) is 0 Å². The van der Waals surface area contributed by atoms with Crippen LogP contribution in [0.4, 0.5) is 11.5 Å². The van der Waals surface area contributed by atoms with Crippen LogP contribution in [0.15, 0.2) is 23.1 Å². The summed E-state index contributed by atoms with van der Waals surface area (Å²) in [5.74, 6) is 0.737. The van der Waals surface area contributed by atoms with E-state index in [-0.39, 0.29) is 22.6 Å². The van der Waals surface area contributed by atoms with E-state index in [2.05, 4.69) is 10.3 Å². The zero-order valence-corrected chi connectivity index (χ0v) is 16.4. The number of nitrogens with zero attached hydrogens (tertiary/aromatic N) is 2. The van der Waals surface area contributed by atoms with Crippen molar-refractivity contribution in [2.24, 2.45) is 0 Å². The van der Waals surface area contributed by atoms with E-state index in [0.717, 1.165) is 11.1 Å². The molecule has 2 aromatic rings. The predicted octanol–water partition coefficient (Wildman–Crippen LogP) is 3.10. The van der Waals surface area contributed by atoms with Crippen LogP contribution < -0.4 is 15.6 Å². The molecule has 1 heterocycles. The Morgan fingerprint density at radius 1 is 1.19 bits per heavy atom. The summed E-state index contributed by atoms with van der Waals surface area (Å²) >= 11 is 6.15. The van der Waals surface area contributed by atoms with Crippen molar-refractivity contribution in [2.75, 3.05) is 39.9 Å². The molecule has 26 heavy (non-hydrogen) atoms. The molecule has 0 radical (unpaired) electrons. The molecule has 1 aromatic carbocycles. The number of rotatable bonds is 8. The molecular formula is C18H24ClN3O4. The Labute approximate surface area is 157 Å². The summed E-state index contributed by atoms with van der Waals surface area (Å²) < 4.78 is 17.3. The van der Waals surface area contributed by atoms with Crippen molar-refractivity contribution in [3.05, 3.63) is 45.0 Å². The van der Waals surface area contributed by atoms with Gasteiger partial charge in [0.2, 0.25) is 0 Å². The number of ether oxygens (including phenoxy) is 3. The summed E-state index contributed by atoms with van der Waals surface area (Å²) in [5.41, 5.74) is 2.34. The van der Waals surface area contributed by atoms with Crippen molar-refractivity contribution in [2.45, 2.75) is 19.9 Å². The van der Waals surface area contributed by atoms with E-state index in [4.69, 9.17) is 25.8 Å². The minimum absolute atomic E-state index is 0.111. The Morgan fingerprint density at radius 3 is 2.42 bits per heavy atom. The lowest BCUT2D eigenvalue weighted by molar-refractivity contribution is 0.0879. The Kier molecular flexibility index (Phi) is 7.02.